The van der Waals surface area contributed by atoms with Gasteiger partial charge in [-0.05, 0) is 18.2 Å². The van der Waals surface area contributed by atoms with E-state index in [1.165, 1.54) is 4.90 Å². The SMILES string of the molecule is O=C(c1ccccc1)N1C=CC(C(F)(F)F)=NCC1. The molecule has 100 valence electrons. The number of hydrogen-bond acceptors (Lipinski definition) is 2. The molecule has 1 aliphatic heterocycles. The zero-order chi connectivity index (χ0) is 13.9. The first-order valence-electron chi connectivity index (χ1n) is 5.64. The molecule has 2 rings (SSSR count). The van der Waals surface area contributed by atoms with Gasteiger partial charge in [-0.2, -0.15) is 13.2 Å². The van der Waals surface area contributed by atoms with E-state index in [2.05, 4.69) is 4.99 Å². The summed E-state index contributed by atoms with van der Waals surface area (Å²) < 4.78 is 37.5. The minimum atomic E-state index is -4.48. The molecule has 1 aromatic rings. The van der Waals surface area contributed by atoms with E-state index in [0.29, 0.717) is 5.56 Å². The highest BCUT2D eigenvalue weighted by atomic mass is 19.4. The number of benzene rings is 1. The van der Waals surface area contributed by atoms with Crippen molar-refractivity contribution < 1.29 is 18.0 Å². The van der Waals surface area contributed by atoms with Gasteiger partial charge in [-0.15, -0.1) is 0 Å². The number of hydrogen-bond donors (Lipinski definition) is 0. The third-order valence-corrected chi connectivity index (χ3v) is 2.61. The van der Waals surface area contributed by atoms with Gasteiger partial charge in [0.25, 0.3) is 5.91 Å². The van der Waals surface area contributed by atoms with E-state index in [-0.39, 0.29) is 19.0 Å². The van der Waals surface area contributed by atoms with Gasteiger partial charge >= 0.3 is 6.18 Å². The van der Waals surface area contributed by atoms with Gasteiger partial charge in [0.1, 0.15) is 5.71 Å². The zero-order valence-corrected chi connectivity index (χ0v) is 9.89. The predicted molar refractivity (Wildman–Crippen MR) is 65.0 cm³/mol. The van der Waals surface area contributed by atoms with Crippen molar-refractivity contribution >= 4 is 11.6 Å². The fourth-order valence-electron chi connectivity index (χ4n) is 1.67. The van der Waals surface area contributed by atoms with Gasteiger partial charge in [0.05, 0.1) is 6.54 Å². The summed E-state index contributed by atoms with van der Waals surface area (Å²) in [6, 6.07) is 8.40. The molecule has 0 aromatic heterocycles. The van der Waals surface area contributed by atoms with Crippen LogP contribution in [0.5, 0.6) is 0 Å². The Morgan fingerprint density at radius 2 is 1.89 bits per heavy atom. The minimum absolute atomic E-state index is 0.0690. The molecule has 19 heavy (non-hydrogen) atoms. The fraction of sp³-hybridized carbons (Fsp3) is 0.231. The maximum absolute atomic E-state index is 12.5. The molecule has 1 aromatic carbocycles. The second-order valence-electron chi connectivity index (χ2n) is 3.95. The highest BCUT2D eigenvalue weighted by Crippen LogP contribution is 2.20. The average molecular weight is 268 g/mol. The Bertz CT molecular complexity index is 520. The minimum Gasteiger partial charge on any atom is -0.313 e. The van der Waals surface area contributed by atoms with Gasteiger partial charge in [0, 0.05) is 18.3 Å². The van der Waals surface area contributed by atoms with Crippen LogP contribution in [0.25, 0.3) is 0 Å². The van der Waals surface area contributed by atoms with Gasteiger partial charge in [0.2, 0.25) is 0 Å². The van der Waals surface area contributed by atoms with Gasteiger partial charge < -0.3 is 4.90 Å². The van der Waals surface area contributed by atoms with Crippen LogP contribution in [0.1, 0.15) is 10.4 Å². The van der Waals surface area contributed by atoms with Crippen molar-refractivity contribution in [2.24, 2.45) is 4.99 Å². The molecule has 3 nitrogen and oxygen atoms in total. The number of aliphatic imine (C=N–C) groups is 1. The summed E-state index contributed by atoms with van der Waals surface area (Å²) in [4.78, 5) is 16.7. The van der Waals surface area contributed by atoms with E-state index in [9.17, 15) is 18.0 Å². The average Bonchev–Trinajstić information content (AvgIpc) is 2.64. The van der Waals surface area contributed by atoms with Crippen LogP contribution in [0.2, 0.25) is 0 Å². The molecule has 0 atom stereocenters. The number of amides is 1. The number of rotatable bonds is 1. The molecule has 0 bridgehead atoms. The summed E-state index contributed by atoms with van der Waals surface area (Å²) in [5.41, 5.74) is -0.529. The van der Waals surface area contributed by atoms with E-state index in [4.69, 9.17) is 0 Å². The summed E-state index contributed by atoms with van der Waals surface area (Å²) in [7, 11) is 0. The van der Waals surface area contributed by atoms with Crippen LogP contribution in [0, 0.1) is 0 Å². The summed E-state index contributed by atoms with van der Waals surface area (Å²) in [5, 5.41) is 0. The first-order valence-corrected chi connectivity index (χ1v) is 5.64. The molecule has 1 heterocycles. The zero-order valence-electron chi connectivity index (χ0n) is 9.89. The number of halogens is 3. The van der Waals surface area contributed by atoms with Crippen LogP contribution in [0.3, 0.4) is 0 Å². The predicted octanol–water partition coefficient (Wildman–Crippen LogP) is 2.66. The molecule has 0 aliphatic carbocycles. The van der Waals surface area contributed by atoms with Crippen LogP contribution in [-0.4, -0.2) is 35.8 Å². The highest BCUT2D eigenvalue weighted by molar-refractivity contribution is 6.01. The normalized spacial score (nSPS) is 15.9. The molecular formula is C13H11F3N2O. The van der Waals surface area contributed by atoms with Gasteiger partial charge in [-0.1, -0.05) is 18.2 Å². The van der Waals surface area contributed by atoms with Crippen molar-refractivity contribution in [3.8, 4) is 0 Å². The second-order valence-corrected chi connectivity index (χ2v) is 3.95. The van der Waals surface area contributed by atoms with E-state index >= 15 is 0 Å². The lowest BCUT2D eigenvalue weighted by Crippen LogP contribution is -2.27. The first kappa shape index (κ1) is 13.3. The van der Waals surface area contributed by atoms with Crippen molar-refractivity contribution in [3.05, 3.63) is 48.2 Å². The number of nitrogens with zero attached hydrogens (tertiary/aromatic N) is 2. The number of allylic oxidation sites excluding steroid dienone is 1. The van der Waals surface area contributed by atoms with Crippen molar-refractivity contribution in [3.63, 3.8) is 0 Å². The molecule has 0 radical (unpaired) electrons. The lowest BCUT2D eigenvalue weighted by Gasteiger charge is -2.15. The van der Waals surface area contributed by atoms with Crippen LogP contribution in [0.4, 0.5) is 13.2 Å². The molecule has 1 aliphatic rings. The second kappa shape index (κ2) is 5.26. The van der Waals surface area contributed by atoms with Crippen molar-refractivity contribution in [2.45, 2.75) is 6.18 Å². The third kappa shape index (κ3) is 3.21. The number of carbonyl (C=O) groups is 1. The molecule has 0 saturated heterocycles. The largest absolute Gasteiger partial charge is 0.432 e. The Hall–Kier alpha value is -2.11. The van der Waals surface area contributed by atoms with Gasteiger partial charge in [0.15, 0.2) is 0 Å². The Morgan fingerprint density at radius 3 is 2.53 bits per heavy atom. The maximum Gasteiger partial charge on any atom is 0.432 e. The molecule has 0 fully saturated rings. The summed E-state index contributed by atoms with van der Waals surface area (Å²) in [6.45, 7) is 0.0597. The smallest absolute Gasteiger partial charge is 0.313 e. The first-order chi connectivity index (χ1) is 8.98. The molecular weight excluding hydrogens is 257 g/mol. The lowest BCUT2D eigenvalue weighted by atomic mass is 10.2. The third-order valence-electron chi connectivity index (χ3n) is 2.61. The monoisotopic (exact) mass is 268 g/mol. The number of carbonyl (C=O) groups excluding carboxylic acids is 1. The maximum atomic E-state index is 12.5. The van der Waals surface area contributed by atoms with Crippen molar-refractivity contribution in [1.29, 1.82) is 0 Å². The summed E-state index contributed by atoms with van der Waals surface area (Å²) in [5.74, 6) is -0.338. The Morgan fingerprint density at radius 1 is 1.21 bits per heavy atom. The standard InChI is InChI=1S/C13H11F3N2O/c14-13(15,16)11-6-8-18(9-7-17-11)12(19)10-4-2-1-3-5-10/h1-6,8H,7,9H2. The van der Waals surface area contributed by atoms with Crippen LogP contribution in [-0.2, 0) is 0 Å². The number of alkyl halides is 3. The molecule has 6 heteroatoms. The van der Waals surface area contributed by atoms with Crippen LogP contribution < -0.4 is 0 Å². The topological polar surface area (TPSA) is 32.7 Å². The molecule has 0 N–H and O–H groups in total. The van der Waals surface area contributed by atoms with Crippen LogP contribution >= 0.6 is 0 Å². The fourth-order valence-corrected chi connectivity index (χ4v) is 1.67. The Balaban J connectivity index is 2.15. The summed E-state index contributed by atoms with van der Waals surface area (Å²) >= 11 is 0. The van der Waals surface area contributed by atoms with Crippen molar-refractivity contribution in [2.75, 3.05) is 13.1 Å². The summed E-state index contributed by atoms with van der Waals surface area (Å²) in [6.07, 6.45) is -2.52. The van der Waals surface area contributed by atoms with E-state index in [1.807, 2.05) is 0 Å². The Labute approximate surface area is 108 Å². The van der Waals surface area contributed by atoms with Crippen LogP contribution in [0.15, 0.2) is 47.6 Å². The lowest BCUT2D eigenvalue weighted by molar-refractivity contribution is -0.0578. The highest BCUT2D eigenvalue weighted by Gasteiger charge is 2.34. The van der Waals surface area contributed by atoms with E-state index < -0.39 is 11.9 Å². The molecule has 1 amide bonds. The van der Waals surface area contributed by atoms with Crippen molar-refractivity contribution in [1.82, 2.24) is 4.90 Å². The Kier molecular flexibility index (Phi) is 3.69. The van der Waals surface area contributed by atoms with Gasteiger partial charge in [-0.25, -0.2) is 0 Å². The van der Waals surface area contributed by atoms with Gasteiger partial charge in [-0.3, -0.25) is 9.79 Å². The molecule has 0 unspecified atom stereocenters. The van der Waals surface area contributed by atoms with E-state index in [0.717, 1.165) is 12.3 Å². The molecule has 0 spiro atoms. The molecule has 0 saturated carbocycles. The van der Waals surface area contributed by atoms with E-state index in [1.54, 1.807) is 30.3 Å². The quantitative estimate of drug-likeness (QED) is 0.770.